The Morgan fingerprint density at radius 3 is 2.93 bits per heavy atom. The molecular formula is C11H15NO3. The van der Waals surface area contributed by atoms with Crippen LogP contribution < -0.4 is 10.1 Å². The fourth-order valence-corrected chi connectivity index (χ4v) is 1.14. The van der Waals surface area contributed by atoms with Crippen molar-refractivity contribution in [3.63, 3.8) is 0 Å². The smallest absolute Gasteiger partial charge is 0.320 e. The van der Waals surface area contributed by atoms with Gasteiger partial charge in [0.15, 0.2) is 0 Å². The zero-order chi connectivity index (χ0) is 11.3. The van der Waals surface area contributed by atoms with Gasteiger partial charge in [0.2, 0.25) is 0 Å². The molecule has 0 bridgehead atoms. The minimum absolute atomic E-state index is 0.519. The second-order valence-corrected chi connectivity index (χ2v) is 3.29. The molecule has 0 saturated heterocycles. The third kappa shape index (κ3) is 3.59. The fourth-order valence-electron chi connectivity index (χ4n) is 1.14. The summed E-state index contributed by atoms with van der Waals surface area (Å²) in [5.74, 6) is -0.0739. The molecule has 0 saturated carbocycles. The second-order valence-electron chi connectivity index (χ2n) is 3.29. The first kappa shape index (κ1) is 11.5. The molecule has 1 atom stereocenters. The van der Waals surface area contributed by atoms with Gasteiger partial charge in [0.25, 0.3) is 0 Å². The van der Waals surface area contributed by atoms with E-state index in [9.17, 15) is 4.79 Å². The lowest BCUT2D eigenvalue weighted by Crippen LogP contribution is -2.33. The number of aliphatic carboxylic acids is 1. The lowest BCUT2D eigenvalue weighted by molar-refractivity contribution is -0.139. The van der Waals surface area contributed by atoms with Gasteiger partial charge in [0.05, 0.1) is 7.11 Å². The molecule has 0 fully saturated rings. The van der Waals surface area contributed by atoms with Crippen LogP contribution in [0.5, 0.6) is 5.75 Å². The van der Waals surface area contributed by atoms with Gasteiger partial charge in [-0.25, -0.2) is 0 Å². The first-order valence-electron chi connectivity index (χ1n) is 4.72. The van der Waals surface area contributed by atoms with Crippen LogP contribution in [0.3, 0.4) is 0 Å². The summed E-state index contributed by atoms with van der Waals surface area (Å²) in [6.07, 6.45) is 0. The molecule has 82 valence electrons. The van der Waals surface area contributed by atoms with Gasteiger partial charge in [-0.3, -0.25) is 4.79 Å². The quantitative estimate of drug-likeness (QED) is 0.766. The Bertz CT molecular complexity index is 338. The standard InChI is InChI=1S/C11H15NO3/c1-8(11(13)14)12-7-9-4-3-5-10(6-9)15-2/h3-6,8,12H,7H2,1-2H3,(H,13,14)/t8-/m1/s1. The lowest BCUT2D eigenvalue weighted by atomic mass is 10.2. The van der Waals surface area contributed by atoms with Crippen molar-refractivity contribution in [3.05, 3.63) is 29.8 Å². The summed E-state index contributed by atoms with van der Waals surface area (Å²) in [5.41, 5.74) is 1.00. The Hall–Kier alpha value is -1.55. The average molecular weight is 209 g/mol. The van der Waals surface area contributed by atoms with Crippen molar-refractivity contribution in [2.75, 3.05) is 7.11 Å². The Balaban J connectivity index is 2.53. The highest BCUT2D eigenvalue weighted by molar-refractivity contribution is 5.72. The first-order chi connectivity index (χ1) is 7.13. The SMILES string of the molecule is COc1cccc(CN[C@H](C)C(=O)O)c1. The Labute approximate surface area is 88.9 Å². The van der Waals surface area contributed by atoms with Crippen molar-refractivity contribution in [1.29, 1.82) is 0 Å². The van der Waals surface area contributed by atoms with Crippen LogP contribution in [0.25, 0.3) is 0 Å². The predicted molar refractivity (Wildman–Crippen MR) is 56.9 cm³/mol. The normalized spacial score (nSPS) is 12.1. The molecule has 4 heteroatoms. The topological polar surface area (TPSA) is 58.6 Å². The maximum absolute atomic E-state index is 10.6. The van der Waals surface area contributed by atoms with Gasteiger partial charge in [0.1, 0.15) is 11.8 Å². The summed E-state index contributed by atoms with van der Waals surface area (Å²) >= 11 is 0. The van der Waals surface area contributed by atoms with E-state index >= 15 is 0 Å². The van der Waals surface area contributed by atoms with Gasteiger partial charge in [0, 0.05) is 6.54 Å². The monoisotopic (exact) mass is 209 g/mol. The van der Waals surface area contributed by atoms with Gasteiger partial charge < -0.3 is 15.2 Å². The minimum Gasteiger partial charge on any atom is -0.497 e. The molecule has 0 aromatic heterocycles. The van der Waals surface area contributed by atoms with E-state index in [0.717, 1.165) is 11.3 Å². The number of methoxy groups -OCH3 is 1. The third-order valence-corrected chi connectivity index (χ3v) is 2.12. The second kappa shape index (κ2) is 5.36. The van der Waals surface area contributed by atoms with Crippen molar-refractivity contribution < 1.29 is 14.6 Å². The van der Waals surface area contributed by atoms with Crippen molar-refractivity contribution in [1.82, 2.24) is 5.32 Å². The zero-order valence-corrected chi connectivity index (χ0v) is 8.86. The molecule has 0 aliphatic rings. The molecule has 0 radical (unpaired) electrons. The van der Waals surface area contributed by atoms with Crippen LogP contribution in [0.1, 0.15) is 12.5 Å². The van der Waals surface area contributed by atoms with Crippen molar-refractivity contribution in [2.24, 2.45) is 0 Å². The van der Waals surface area contributed by atoms with Crippen LogP contribution in [0.15, 0.2) is 24.3 Å². The molecule has 0 heterocycles. The highest BCUT2D eigenvalue weighted by Gasteiger charge is 2.09. The van der Waals surface area contributed by atoms with Gasteiger partial charge >= 0.3 is 5.97 Å². The lowest BCUT2D eigenvalue weighted by Gasteiger charge is -2.09. The molecule has 15 heavy (non-hydrogen) atoms. The number of ether oxygens (including phenoxy) is 1. The van der Waals surface area contributed by atoms with E-state index in [1.54, 1.807) is 14.0 Å². The summed E-state index contributed by atoms with van der Waals surface area (Å²) in [4.78, 5) is 10.6. The van der Waals surface area contributed by atoms with Crippen molar-refractivity contribution in [2.45, 2.75) is 19.5 Å². The van der Waals surface area contributed by atoms with Crippen LogP contribution in [0, 0.1) is 0 Å². The highest BCUT2D eigenvalue weighted by Crippen LogP contribution is 2.12. The van der Waals surface area contributed by atoms with Crippen LogP contribution in [0.2, 0.25) is 0 Å². The van der Waals surface area contributed by atoms with Crippen LogP contribution >= 0.6 is 0 Å². The highest BCUT2D eigenvalue weighted by atomic mass is 16.5. The number of carboxylic acids is 1. The summed E-state index contributed by atoms with van der Waals surface area (Å²) in [6, 6.07) is 6.98. The van der Waals surface area contributed by atoms with Gasteiger partial charge in [-0.05, 0) is 24.6 Å². The average Bonchev–Trinajstić information content (AvgIpc) is 2.26. The van der Waals surface area contributed by atoms with Gasteiger partial charge in [-0.1, -0.05) is 12.1 Å². The molecule has 4 nitrogen and oxygen atoms in total. The Kier molecular flexibility index (Phi) is 4.12. The number of benzene rings is 1. The summed E-state index contributed by atoms with van der Waals surface area (Å²) in [7, 11) is 1.60. The molecule has 1 aromatic rings. The predicted octanol–water partition coefficient (Wildman–Crippen LogP) is 1.26. The van der Waals surface area contributed by atoms with Crippen molar-refractivity contribution >= 4 is 5.97 Å². The van der Waals surface area contributed by atoms with E-state index in [0.29, 0.717) is 6.54 Å². The van der Waals surface area contributed by atoms with Crippen LogP contribution in [0.4, 0.5) is 0 Å². The van der Waals surface area contributed by atoms with E-state index in [1.807, 2.05) is 24.3 Å². The largest absolute Gasteiger partial charge is 0.497 e. The molecule has 1 rings (SSSR count). The number of hydrogen-bond donors (Lipinski definition) is 2. The zero-order valence-electron chi connectivity index (χ0n) is 8.86. The summed E-state index contributed by atoms with van der Waals surface area (Å²) in [6.45, 7) is 2.13. The molecule has 1 aromatic carbocycles. The minimum atomic E-state index is -0.849. The van der Waals surface area contributed by atoms with Gasteiger partial charge in [-0.2, -0.15) is 0 Å². The van der Waals surface area contributed by atoms with E-state index in [2.05, 4.69) is 5.32 Å². The number of nitrogens with one attached hydrogen (secondary N) is 1. The van der Waals surface area contributed by atoms with E-state index < -0.39 is 12.0 Å². The molecule has 0 unspecified atom stereocenters. The van der Waals surface area contributed by atoms with Crippen LogP contribution in [-0.2, 0) is 11.3 Å². The first-order valence-corrected chi connectivity index (χ1v) is 4.72. The molecule has 0 aliphatic carbocycles. The van der Waals surface area contributed by atoms with Gasteiger partial charge in [-0.15, -0.1) is 0 Å². The summed E-state index contributed by atoms with van der Waals surface area (Å²) < 4.78 is 5.07. The Morgan fingerprint density at radius 1 is 1.60 bits per heavy atom. The molecular weight excluding hydrogens is 194 g/mol. The van der Waals surface area contributed by atoms with E-state index in [4.69, 9.17) is 9.84 Å². The number of hydrogen-bond acceptors (Lipinski definition) is 3. The van der Waals surface area contributed by atoms with E-state index in [1.165, 1.54) is 0 Å². The van der Waals surface area contributed by atoms with Crippen molar-refractivity contribution in [3.8, 4) is 5.75 Å². The fraction of sp³-hybridized carbons (Fsp3) is 0.364. The number of rotatable bonds is 5. The molecule has 0 aliphatic heterocycles. The molecule has 0 spiro atoms. The van der Waals surface area contributed by atoms with E-state index in [-0.39, 0.29) is 0 Å². The number of carbonyl (C=O) groups is 1. The third-order valence-electron chi connectivity index (χ3n) is 2.12. The number of carboxylic acid groups (broad SMARTS) is 1. The Morgan fingerprint density at radius 2 is 2.33 bits per heavy atom. The molecule has 0 amide bonds. The molecule has 2 N–H and O–H groups in total. The maximum Gasteiger partial charge on any atom is 0.320 e. The maximum atomic E-state index is 10.6. The summed E-state index contributed by atoms with van der Waals surface area (Å²) in [5, 5.41) is 11.6. The van der Waals surface area contributed by atoms with Crippen LogP contribution in [-0.4, -0.2) is 24.2 Å².